The maximum Gasteiger partial charge on any atom is 0.255 e. The Morgan fingerprint density at radius 1 is 0.909 bits per heavy atom. The first kappa shape index (κ1) is 20.6. The Morgan fingerprint density at radius 2 is 1.64 bits per heavy atom. The van der Waals surface area contributed by atoms with Crippen LogP contribution in [0.1, 0.15) is 32.9 Å². The summed E-state index contributed by atoms with van der Waals surface area (Å²) in [6, 6.07) is 22.1. The van der Waals surface area contributed by atoms with Crippen molar-refractivity contribution in [3.05, 3.63) is 107 Å². The van der Waals surface area contributed by atoms with Crippen molar-refractivity contribution in [1.82, 2.24) is 29.7 Å². The minimum atomic E-state index is -0.201. The van der Waals surface area contributed by atoms with Gasteiger partial charge in [-0.3, -0.25) is 13.9 Å². The van der Waals surface area contributed by atoms with Gasteiger partial charge < -0.3 is 5.32 Å². The zero-order chi connectivity index (χ0) is 22.8. The summed E-state index contributed by atoms with van der Waals surface area (Å²) in [6.45, 7) is 4.95. The van der Waals surface area contributed by atoms with Gasteiger partial charge >= 0.3 is 0 Å². The molecule has 7 nitrogen and oxygen atoms in total. The standard InChI is InChI=1S/C26H24N6O/c1-18-6-10-20(11-7-18)16-31-17-22(25(30-31)21-12-8-19(2)9-13-21)26(33)27-15-24-29-28-23-5-3-4-14-32(23)24/h3-14,17H,15-16H2,1-2H3,(H,27,33). The molecular formula is C26H24N6O. The number of aryl methyl sites for hydroxylation is 2. The van der Waals surface area contributed by atoms with Gasteiger partial charge in [-0.05, 0) is 31.5 Å². The number of nitrogens with zero attached hydrogens (tertiary/aromatic N) is 5. The quantitative estimate of drug-likeness (QED) is 0.433. The van der Waals surface area contributed by atoms with E-state index < -0.39 is 0 Å². The molecule has 1 amide bonds. The number of benzene rings is 2. The number of pyridine rings is 1. The van der Waals surface area contributed by atoms with Gasteiger partial charge in [-0.2, -0.15) is 5.10 Å². The first-order valence-electron chi connectivity index (χ1n) is 10.8. The molecule has 2 aromatic carbocycles. The van der Waals surface area contributed by atoms with Crippen molar-refractivity contribution in [1.29, 1.82) is 0 Å². The zero-order valence-electron chi connectivity index (χ0n) is 18.6. The summed E-state index contributed by atoms with van der Waals surface area (Å²) in [6.07, 6.45) is 3.69. The van der Waals surface area contributed by atoms with Crippen LogP contribution >= 0.6 is 0 Å². The summed E-state index contributed by atoms with van der Waals surface area (Å²) in [5, 5.41) is 16.1. The van der Waals surface area contributed by atoms with Crippen LogP contribution in [0.3, 0.4) is 0 Å². The Bertz CT molecular complexity index is 1410. The van der Waals surface area contributed by atoms with E-state index in [1.54, 1.807) is 0 Å². The first-order valence-corrected chi connectivity index (χ1v) is 10.8. The highest BCUT2D eigenvalue weighted by atomic mass is 16.1. The van der Waals surface area contributed by atoms with Crippen molar-refractivity contribution in [2.75, 3.05) is 0 Å². The molecule has 0 atom stereocenters. The van der Waals surface area contributed by atoms with E-state index in [9.17, 15) is 4.79 Å². The number of hydrogen-bond acceptors (Lipinski definition) is 4. The number of carbonyl (C=O) groups excluding carboxylic acids is 1. The third kappa shape index (κ3) is 4.39. The summed E-state index contributed by atoms with van der Waals surface area (Å²) >= 11 is 0. The molecule has 1 N–H and O–H groups in total. The predicted octanol–water partition coefficient (Wildman–Crippen LogP) is 4.19. The maximum absolute atomic E-state index is 13.2. The maximum atomic E-state index is 13.2. The fourth-order valence-corrected chi connectivity index (χ4v) is 3.74. The normalized spacial score (nSPS) is 11.1. The Morgan fingerprint density at radius 3 is 2.39 bits per heavy atom. The summed E-state index contributed by atoms with van der Waals surface area (Å²) in [5.41, 5.74) is 6.32. The fraction of sp³-hybridized carbons (Fsp3) is 0.154. The molecule has 0 unspecified atom stereocenters. The Labute approximate surface area is 191 Å². The second kappa shape index (κ2) is 8.70. The topological polar surface area (TPSA) is 77.1 Å². The molecule has 0 bridgehead atoms. The predicted molar refractivity (Wildman–Crippen MR) is 127 cm³/mol. The molecule has 0 aliphatic rings. The molecule has 0 saturated carbocycles. The lowest BCUT2D eigenvalue weighted by Crippen LogP contribution is -2.24. The molecular weight excluding hydrogens is 412 g/mol. The number of fused-ring (bicyclic) bond motifs is 1. The number of carbonyl (C=O) groups is 1. The van der Waals surface area contributed by atoms with Gasteiger partial charge in [0.25, 0.3) is 5.91 Å². The Balaban J connectivity index is 1.43. The minimum Gasteiger partial charge on any atom is -0.345 e. The zero-order valence-corrected chi connectivity index (χ0v) is 18.6. The molecule has 5 rings (SSSR count). The van der Waals surface area contributed by atoms with Crippen LogP contribution in [0.25, 0.3) is 16.9 Å². The molecule has 0 fully saturated rings. The van der Waals surface area contributed by atoms with E-state index in [-0.39, 0.29) is 12.5 Å². The van der Waals surface area contributed by atoms with E-state index in [0.29, 0.717) is 23.6 Å². The van der Waals surface area contributed by atoms with Gasteiger partial charge in [-0.25, -0.2) is 0 Å². The number of amides is 1. The molecule has 3 aromatic heterocycles. The minimum absolute atomic E-state index is 0.201. The number of hydrogen-bond donors (Lipinski definition) is 1. The van der Waals surface area contributed by atoms with E-state index in [2.05, 4.69) is 46.7 Å². The summed E-state index contributed by atoms with van der Waals surface area (Å²) in [7, 11) is 0. The van der Waals surface area contributed by atoms with Crippen LogP contribution in [-0.4, -0.2) is 30.3 Å². The lowest BCUT2D eigenvalue weighted by atomic mass is 10.1. The van der Waals surface area contributed by atoms with E-state index in [1.807, 2.05) is 70.9 Å². The van der Waals surface area contributed by atoms with Gasteiger partial charge in [0.05, 0.1) is 18.7 Å². The highest BCUT2D eigenvalue weighted by Gasteiger charge is 2.19. The lowest BCUT2D eigenvalue weighted by Gasteiger charge is -2.05. The highest BCUT2D eigenvalue weighted by molar-refractivity contribution is 5.99. The second-order valence-electron chi connectivity index (χ2n) is 8.17. The van der Waals surface area contributed by atoms with Crippen LogP contribution in [0, 0.1) is 13.8 Å². The largest absolute Gasteiger partial charge is 0.345 e. The van der Waals surface area contributed by atoms with Gasteiger partial charge in [0, 0.05) is 18.0 Å². The lowest BCUT2D eigenvalue weighted by molar-refractivity contribution is 0.0950. The molecule has 3 heterocycles. The van der Waals surface area contributed by atoms with E-state index >= 15 is 0 Å². The van der Waals surface area contributed by atoms with Crippen molar-refractivity contribution >= 4 is 11.6 Å². The van der Waals surface area contributed by atoms with Gasteiger partial charge in [-0.15, -0.1) is 10.2 Å². The van der Waals surface area contributed by atoms with Gasteiger partial charge in [0.1, 0.15) is 5.69 Å². The molecule has 0 aliphatic heterocycles. The summed E-state index contributed by atoms with van der Waals surface area (Å²) in [5.74, 6) is 0.469. The van der Waals surface area contributed by atoms with E-state index in [0.717, 1.165) is 22.3 Å². The van der Waals surface area contributed by atoms with Crippen molar-refractivity contribution in [3.8, 4) is 11.3 Å². The first-order chi connectivity index (χ1) is 16.1. The van der Waals surface area contributed by atoms with Crippen LogP contribution in [0.4, 0.5) is 0 Å². The third-order valence-electron chi connectivity index (χ3n) is 5.59. The molecule has 7 heteroatoms. The molecule has 5 aromatic rings. The van der Waals surface area contributed by atoms with Crippen LogP contribution in [0.15, 0.2) is 79.1 Å². The molecule has 0 spiro atoms. The second-order valence-corrected chi connectivity index (χ2v) is 8.17. The Hall–Kier alpha value is -4.26. The van der Waals surface area contributed by atoms with E-state index in [4.69, 9.17) is 5.10 Å². The third-order valence-corrected chi connectivity index (χ3v) is 5.59. The van der Waals surface area contributed by atoms with Crippen LogP contribution in [0.2, 0.25) is 0 Å². The van der Waals surface area contributed by atoms with E-state index in [1.165, 1.54) is 5.56 Å². The molecule has 0 saturated heterocycles. The summed E-state index contributed by atoms with van der Waals surface area (Å²) in [4.78, 5) is 13.2. The molecule has 33 heavy (non-hydrogen) atoms. The number of aromatic nitrogens is 5. The van der Waals surface area contributed by atoms with Crippen LogP contribution in [-0.2, 0) is 13.1 Å². The SMILES string of the molecule is Cc1ccc(Cn2cc(C(=O)NCc3nnc4ccccn34)c(-c3ccc(C)cc3)n2)cc1. The average Bonchev–Trinajstić information content (AvgIpc) is 3.44. The number of nitrogens with one attached hydrogen (secondary N) is 1. The Kier molecular flexibility index (Phi) is 5.44. The van der Waals surface area contributed by atoms with Crippen LogP contribution in [0.5, 0.6) is 0 Å². The van der Waals surface area contributed by atoms with Crippen LogP contribution < -0.4 is 5.32 Å². The van der Waals surface area contributed by atoms with Crippen molar-refractivity contribution < 1.29 is 4.79 Å². The molecule has 0 aliphatic carbocycles. The fourth-order valence-electron chi connectivity index (χ4n) is 3.74. The molecule has 0 radical (unpaired) electrons. The highest BCUT2D eigenvalue weighted by Crippen LogP contribution is 2.23. The van der Waals surface area contributed by atoms with Crippen molar-refractivity contribution in [2.24, 2.45) is 0 Å². The monoisotopic (exact) mass is 436 g/mol. The number of rotatable bonds is 6. The van der Waals surface area contributed by atoms with Gasteiger partial charge in [-0.1, -0.05) is 65.7 Å². The van der Waals surface area contributed by atoms with Crippen molar-refractivity contribution in [3.63, 3.8) is 0 Å². The van der Waals surface area contributed by atoms with Gasteiger partial charge in [0.15, 0.2) is 11.5 Å². The van der Waals surface area contributed by atoms with Gasteiger partial charge in [0.2, 0.25) is 0 Å². The average molecular weight is 437 g/mol. The smallest absolute Gasteiger partial charge is 0.255 e. The molecule has 164 valence electrons. The van der Waals surface area contributed by atoms with Crippen molar-refractivity contribution in [2.45, 2.75) is 26.9 Å². The summed E-state index contributed by atoms with van der Waals surface area (Å²) < 4.78 is 3.68.